The average molecular weight is 207 g/mol. The molecular weight excluding hydrogens is 200 g/mol. The van der Waals surface area contributed by atoms with Crippen LogP contribution in [0, 0.1) is 0 Å². The first-order valence-electron chi connectivity index (χ1n) is 4.04. The molecule has 0 saturated heterocycles. The van der Waals surface area contributed by atoms with E-state index >= 15 is 0 Å². The first-order valence-corrected chi connectivity index (χ1v) is 4.42. The Bertz CT molecular complexity index is 496. The number of hydrogen-bond donors (Lipinski definition) is 1. The van der Waals surface area contributed by atoms with E-state index < -0.39 is 0 Å². The maximum absolute atomic E-state index is 8.40. The van der Waals surface area contributed by atoms with Gasteiger partial charge in [-0.05, 0) is 12.1 Å². The van der Waals surface area contributed by atoms with Gasteiger partial charge in [-0.1, -0.05) is 35.0 Å². The fourth-order valence-electron chi connectivity index (χ4n) is 1.26. The Hall–Kier alpha value is -1.61. The van der Waals surface area contributed by atoms with Crippen molar-refractivity contribution in [3.8, 4) is 0 Å². The second-order valence-electron chi connectivity index (χ2n) is 2.81. The second-order valence-corrected chi connectivity index (χ2v) is 3.16. The summed E-state index contributed by atoms with van der Waals surface area (Å²) in [6.45, 7) is 0. The number of para-hydroxylation sites is 1. The largest absolute Gasteiger partial charge is 0.411 e. The molecule has 0 aliphatic carbocycles. The molecule has 0 spiro atoms. The normalized spacial score (nSPS) is 11.2. The van der Waals surface area contributed by atoms with Crippen LogP contribution in [0.1, 0.15) is 5.56 Å². The Labute approximate surface area is 85.6 Å². The van der Waals surface area contributed by atoms with E-state index in [-0.39, 0.29) is 0 Å². The Balaban J connectivity index is 2.70. The number of benzene rings is 1. The molecule has 4 heteroatoms. The molecular formula is C10H7ClN2O. The molecule has 0 amide bonds. The van der Waals surface area contributed by atoms with Crippen LogP contribution in [0.4, 0.5) is 0 Å². The summed E-state index contributed by atoms with van der Waals surface area (Å²) in [6.07, 6.45) is 1.27. The van der Waals surface area contributed by atoms with Crippen molar-refractivity contribution >= 4 is 28.7 Å². The Morgan fingerprint density at radius 2 is 2.14 bits per heavy atom. The van der Waals surface area contributed by atoms with Crippen LogP contribution < -0.4 is 0 Å². The monoisotopic (exact) mass is 206 g/mol. The fraction of sp³-hybridized carbons (Fsp3) is 0. The second kappa shape index (κ2) is 3.64. The maximum Gasteiger partial charge on any atom is 0.138 e. The van der Waals surface area contributed by atoms with E-state index in [1.54, 1.807) is 0 Å². The SMILES string of the molecule is O/N=C\c1cc2ccccc2nc1Cl. The van der Waals surface area contributed by atoms with E-state index in [0.717, 1.165) is 10.9 Å². The average Bonchev–Trinajstić information content (AvgIpc) is 2.19. The van der Waals surface area contributed by atoms with Gasteiger partial charge in [0.05, 0.1) is 11.7 Å². The number of aromatic nitrogens is 1. The van der Waals surface area contributed by atoms with Crippen LogP contribution in [-0.2, 0) is 0 Å². The van der Waals surface area contributed by atoms with Crippen LogP contribution in [0.3, 0.4) is 0 Å². The van der Waals surface area contributed by atoms with Crippen molar-refractivity contribution in [2.45, 2.75) is 0 Å². The minimum absolute atomic E-state index is 0.335. The fourth-order valence-corrected chi connectivity index (χ4v) is 1.46. The van der Waals surface area contributed by atoms with Gasteiger partial charge in [0.2, 0.25) is 0 Å². The molecule has 0 bridgehead atoms. The number of pyridine rings is 1. The number of fused-ring (bicyclic) bond motifs is 1. The molecule has 1 heterocycles. The van der Waals surface area contributed by atoms with Gasteiger partial charge < -0.3 is 5.21 Å². The summed E-state index contributed by atoms with van der Waals surface area (Å²) in [5.74, 6) is 0. The molecule has 2 rings (SSSR count). The van der Waals surface area contributed by atoms with Gasteiger partial charge in [0, 0.05) is 10.9 Å². The van der Waals surface area contributed by atoms with Gasteiger partial charge in [0.25, 0.3) is 0 Å². The zero-order chi connectivity index (χ0) is 9.97. The lowest BCUT2D eigenvalue weighted by Crippen LogP contribution is -1.88. The minimum Gasteiger partial charge on any atom is -0.411 e. The van der Waals surface area contributed by atoms with E-state index in [9.17, 15) is 0 Å². The summed E-state index contributed by atoms with van der Waals surface area (Å²) in [7, 11) is 0. The van der Waals surface area contributed by atoms with Crippen LogP contribution >= 0.6 is 11.6 Å². The zero-order valence-electron chi connectivity index (χ0n) is 7.18. The lowest BCUT2D eigenvalue weighted by atomic mass is 10.2. The molecule has 0 radical (unpaired) electrons. The Kier molecular flexibility index (Phi) is 2.33. The summed E-state index contributed by atoms with van der Waals surface area (Å²) in [5, 5.41) is 12.6. The van der Waals surface area contributed by atoms with Crippen molar-refractivity contribution in [1.29, 1.82) is 0 Å². The number of nitrogens with zero attached hydrogens (tertiary/aromatic N) is 2. The van der Waals surface area contributed by atoms with Crippen LogP contribution in [0.5, 0.6) is 0 Å². The highest BCUT2D eigenvalue weighted by atomic mass is 35.5. The molecule has 1 aromatic heterocycles. The van der Waals surface area contributed by atoms with Gasteiger partial charge in [-0.3, -0.25) is 0 Å². The van der Waals surface area contributed by atoms with Crippen LogP contribution in [0.15, 0.2) is 35.5 Å². The van der Waals surface area contributed by atoms with Crippen LogP contribution in [-0.4, -0.2) is 16.4 Å². The van der Waals surface area contributed by atoms with Crippen molar-refractivity contribution in [3.63, 3.8) is 0 Å². The summed E-state index contributed by atoms with van der Waals surface area (Å²) < 4.78 is 0. The summed E-state index contributed by atoms with van der Waals surface area (Å²) in [4.78, 5) is 4.16. The molecule has 70 valence electrons. The summed E-state index contributed by atoms with van der Waals surface area (Å²) in [6, 6.07) is 9.43. The lowest BCUT2D eigenvalue weighted by molar-refractivity contribution is 0.322. The number of hydrogen-bond acceptors (Lipinski definition) is 3. The van der Waals surface area contributed by atoms with Gasteiger partial charge in [-0.25, -0.2) is 4.98 Å². The highest BCUT2D eigenvalue weighted by molar-refractivity contribution is 6.32. The first-order chi connectivity index (χ1) is 6.81. The van der Waals surface area contributed by atoms with E-state index in [1.165, 1.54) is 6.21 Å². The van der Waals surface area contributed by atoms with Crippen LogP contribution in [0.25, 0.3) is 10.9 Å². The smallest absolute Gasteiger partial charge is 0.138 e. The predicted molar refractivity (Wildman–Crippen MR) is 56.1 cm³/mol. The van der Waals surface area contributed by atoms with Crippen molar-refractivity contribution in [2.24, 2.45) is 5.16 Å². The third kappa shape index (κ3) is 1.54. The number of oxime groups is 1. The number of halogens is 1. The topological polar surface area (TPSA) is 45.5 Å². The molecule has 0 unspecified atom stereocenters. The van der Waals surface area contributed by atoms with Gasteiger partial charge in [-0.15, -0.1) is 0 Å². The molecule has 14 heavy (non-hydrogen) atoms. The summed E-state index contributed by atoms with van der Waals surface area (Å²) >= 11 is 5.87. The molecule has 0 aliphatic heterocycles. The quantitative estimate of drug-likeness (QED) is 0.338. The molecule has 2 aromatic rings. The van der Waals surface area contributed by atoms with Crippen molar-refractivity contribution in [2.75, 3.05) is 0 Å². The minimum atomic E-state index is 0.335. The van der Waals surface area contributed by atoms with Crippen molar-refractivity contribution < 1.29 is 5.21 Å². The van der Waals surface area contributed by atoms with Gasteiger partial charge in [-0.2, -0.15) is 0 Å². The number of rotatable bonds is 1. The van der Waals surface area contributed by atoms with E-state index in [4.69, 9.17) is 16.8 Å². The van der Waals surface area contributed by atoms with Gasteiger partial charge >= 0.3 is 0 Å². The van der Waals surface area contributed by atoms with Gasteiger partial charge in [0.15, 0.2) is 0 Å². The predicted octanol–water partition coefficient (Wildman–Crippen LogP) is 2.70. The van der Waals surface area contributed by atoms with E-state index in [0.29, 0.717) is 10.7 Å². The first kappa shape index (κ1) is 8.97. The standard InChI is InChI=1S/C10H7ClN2O/c11-10-8(6-12-14)5-7-3-1-2-4-9(7)13-10/h1-6,14H/b12-6-. The van der Waals surface area contributed by atoms with E-state index in [1.807, 2.05) is 30.3 Å². The zero-order valence-corrected chi connectivity index (χ0v) is 7.94. The Morgan fingerprint density at radius 3 is 2.93 bits per heavy atom. The molecule has 1 N–H and O–H groups in total. The molecule has 0 saturated carbocycles. The van der Waals surface area contributed by atoms with Crippen LogP contribution in [0.2, 0.25) is 5.15 Å². The molecule has 0 fully saturated rings. The lowest BCUT2D eigenvalue weighted by Gasteiger charge is -2.00. The van der Waals surface area contributed by atoms with E-state index in [2.05, 4.69) is 10.1 Å². The molecule has 3 nitrogen and oxygen atoms in total. The highest BCUT2D eigenvalue weighted by Gasteiger charge is 2.01. The molecule has 0 aliphatic rings. The van der Waals surface area contributed by atoms with Crippen molar-refractivity contribution in [3.05, 3.63) is 41.0 Å². The molecule has 0 atom stereocenters. The maximum atomic E-state index is 8.40. The third-order valence-electron chi connectivity index (χ3n) is 1.90. The van der Waals surface area contributed by atoms with Crippen molar-refractivity contribution in [1.82, 2.24) is 4.98 Å². The van der Waals surface area contributed by atoms with Gasteiger partial charge in [0.1, 0.15) is 5.15 Å². The third-order valence-corrected chi connectivity index (χ3v) is 2.20. The molecule has 1 aromatic carbocycles. The summed E-state index contributed by atoms with van der Waals surface area (Å²) in [5.41, 5.74) is 1.43. The Morgan fingerprint density at radius 1 is 1.36 bits per heavy atom. The highest BCUT2D eigenvalue weighted by Crippen LogP contribution is 2.18.